The van der Waals surface area contributed by atoms with Crippen LogP contribution in [0.1, 0.15) is 71.7 Å². The van der Waals surface area contributed by atoms with Crippen molar-refractivity contribution in [3.05, 3.63) is 104 Å². The number of carbonyl (C=O) groups excluding carboxylic acids is 4. The van der Waals surface area contributed by atoms with E-state index in [0.717, 1.165) is 22.3 Å². The molecule has 2 aliphatic rings. The summed E-state index contributed by atoms with van der Waals surface area (Å²) >= 11 is 0. The molecule has 0 saturated carbocycles. The van der Waals surface area contributed by atoms with Gasteiger partial charge >= 0.3 is 59.1 Å². The standard InChI is InChI=1S/C37H46N6O10S2.2Na/c1-7-24-23(6)36(46)43-31(24)18-29-22(5)27(10-12-35(45)39-14-16-55(51,52)53)33(41-29)19-32-26(9-11-34(44)38-13-15-54(48,49)50)21(4)28(40-32)17-30-20(3)25(8-2)37(47)42-30;;/h7-8,17-18,40-41H,1-2,9-16,19H2,3-6H3,(H,38,44)(H,39,45)(H,42,47)(H,43,46)(H,48,49,50)(H,51,52,53);;/q;2*+1/p-2/b30-17-,31-18+;;. The summed E-state index contributed by atoms with van der Waals surface area (Å²) in [5.41, 5.74) is 9.07. The van der Waals surface area contributed by atoms with Gasteiger partial charge in [0.05, 0.1) is 37.4 Å². The molecule has 57 heavy (non-hydrogen) atoms. The van der Waals surface area contributed by atoms with Crippen molar-refractivity contribution in [3.8, 4) is 0 Å². The molecule has 2 aromatic rings. The summed E-state index contributed by atoms with van der Waals surface area (Å²) in [6.45, 7) is 14.1. The van der Waals surface area contributed by atoms with E-state index in [1.54, 1.807) is 32.1 Å². The van der Waals surface area contributed by atoms with Crippen molar-refractivity contribution in [1.29, 1.82) is 0 Å². The average molecular weight is 843 g/mol. The van der Waals surface area contributed by atoms with Gasteiger partial charge in [-0.1, -0.05) is 25.3 Å². The van der Waals surface area contributed by atoms with Gasteiger partial charge in [0, 0.05) is 77.5 Å². The van der Waals surface area contributed by atoms with Gasteiger partial charge in [-0.05, 0) is 80.5 Å². The fourth-order valence-corrected chi connectivity index (χ4v) is 7.14. The number of hydrogen-bond donors (Lipinski definition) is 6. The third-order valence-electron chi connectivity index (χ3n) is 9.49. The Labute approximate surface area is 376 Å². The van der Waals surface area contributed by atoms with Gasteiger partial charge in [0.2, 0.25) is 11.8 Å². The summed E-state index contributed by atoms with van der Waals surface area (Å²) in [4.78, 5) is 57.3. The van der Waals surface area contributed by atoms with Crippen LogP contribution in [0.15, 0.2) is 59.0 Å². The van der Waals surface area contributed by atoms with Crippen LogP contribution >= 0.6 is 0 Å². The van der Waals surface area contributed by atoms with Gasteiger partial charge in [0.1, 0.15) is 0 Å². The molecule has 0 radical (unpaired) electrons. The molecule has 4 heterocycles. The maximum absolute atomic E-state index is 12.7. The van der Waals surface area contributed by atoms with E-state index in [4.69, 9.17) is 0 Å². The van der Waals surface area contributed by atoms with Crippen LogP contribution < -0.4 is 80.4 Å². The van der Waals surface area contributed by atoms with Crippen molar-refractivity contribution in [2.75, 3.05) is 24.6 Å². The molecule has 0 bridgehead atoms. The summed E-state index contributed by atoms with van der Waals surface area (Å²) in [5.74, 6) is -2.98. The minimum absolute atomic E-state index is 0. The molecule has 4 rings (SSSR count). The van der Waals surface area contributed by atoms with Crippen molar-refractivity contribution in [3.63, 3.8) is 0 Å². The van der Waals surface area contributed by atoms with Crippen molar-refractivity contribution in [2.45, 2.75) is 59.8 Å². The number of rotatable bonds is 18. The molecule has 16 nitrogen and oxygen atoms in total. The van der Waals surface area contributed by atoms with Gasteiger partial charge in [0.15, 0.2) is 0 Å². The third kappa shape index (κ3) is 13.4. The number of H-pyrrole nitrogens is 2. The van der Waals surface area contributed by atoms with Crippen LogP contribution in [0.3, 0.4) is 0 Å². The smallest absolute Gasteiger partial charge is 0.748 e. The number of hydrogen-bond acceptors (Lipinski definition) is 10. The summed E-state index contributed by atoms with van der Waals surface area (Å²) in [6.07, 6.45) is 7.18. The Morgan fingerprint density at radius 1 is 0.667 bits per heavy atom. The van der Waals surface area contributed by atoms with E-state index in [1.165, 1.54) is 6.08 Å². The predicted molar refractivity (Wildman–Crippen MR) is 204 cm³/mol. The molecule has 0 spiro atoms. The molecule has 0 fully saturated rings. The fourth-order valence-electron chi connectivity index (χ4n) is 6.43. The van der Waals surface area contributed by atoms with Crippen LogP contribution in [-0.4, -0.2) is 84.1 Å². The zero-order valence-electron chi connectivity index (χ0n) is 33.0. The van der Waals surface area contributed by atoms with E-state index in [-0.39, 0.29) is 116 Å². The second-order valence-corrected chi connectivity index (χ2v) is 16.2. The Balaban J connectivity index is 0.00000561. The Bertz CT molecular complexity index is 2320. The monoisotopic (exact) mass is 842 g/mol. The summed E-state index contributed by atoms with van der Waals surface area (Å²) < 4.78 is 66.1. The normalized spacial score (nSPS) is 15.7. The zero-order chi connectivity index (χ0) is 40.8. The van der Waals surface area contributed by atoms with Crippen LogP contribution in [-0.2, 0) is 58.7 Å². The molecule has 0 atom stereocenters. The van der Waals surface area contributed by atoms with Gasteiger partial charge in [-0.2, -0.15) is 0 Å². The first-order valence-corrected chi connectivity index (χ1v) is 20.4. The van der Waals surface area contributed by atoms with Gasteiger partial charge < -0.3 is 40.3 Å². The molecule has 0 aliphatic carbocycles. The first kappa shape index (κ1) is 49.8. The Morgan fingerprint density at radius 3 is 1.49 bits per heavy atom. The Morgan fingerprint density at radius 2 is 1.09 bits per heavy atom. The molecule has 296 valence electrons. The van der Waals surface area contributed by atoms with Crippen molar-refractivity contribution >= 4 is 56.0 Å². The van der Waals surface area contributed by atoms with E-state index < -0.39 is 43.6 Å². The van der Waals surface area contributed by atoms with E-state index in [0.29, 0.717) is 56.5 Å². The summed E-state index contributed by atoms with van der Waals surface area (Å²) in [6, 6.07) is 0. The molecule has 0 unspecified atom stereocenters. The van der Waals surface area contributed by atoms with Crippen LogP contribution in [0.5, 0.6) is 0 Å². The van der Waals surface area contributed by atoms with E-state index >= 15 is 0 Å². The fraction of sp³-hybridized carbons (Fsp3) is 0.351. The number of aromatic nitrogens is 2. The van der Waals surface area contributed by atoms with Gasteiger partial charge in [-0.3, -0.25) is 19.2 Å². The van der Waals surface area contributed by atoms with Crippen molar-refractivity contribution in [2.24, 2.45) is 0 Å². The number of amides is 4. The first-order chi connectivity index (χ1) is 25.7. The molecule has 0 saturated heterocycles. The Hall–Kier alpha value is -3.30. The predicted octanol–water partition coefficient (Wildman–Crippen LogP) is -4.31. The van der Waals surface area contributed by atoms with E-state index in [1.807, 2.05) is 13.8 Å². The summed E-state index contributed by atoms with van der Waals surface area (Å²) in [7, 11) is -9.03. The molecular formula is C37H44N6Na2O10S2. The molecular weight excluding hydrogens is 799 g/mol. The molecule has 2 aliphatic heterocycles. The van der Waals surface area contributed by atoms with Crippen LogP contribution in [0.4, 0.5) is 0 Å². The number of aromatic amines is 2. The van der Waals surface area contributed by atoms with Crippen LogP contribution in [0.25, 0.3) is 12.2 Å². The molecule has 4 amide bonds. The second-order valence-electron chi connectivity index (χ2n) is 13.2. The maximum Gasteiger partial charge on any atom is 1.00 e. The molecule has 0 aromatic carbocycles. The zero-order valence-corrected chi connectivity index (χ0v) is 38.6. The van der Waals surface area contributed by atoms with Gasteiger partial charge in [-0.25, -0.2) is 16.8 Å². The summed E-state index contributed by atoms with van der Waals surface area (Å²) in [5, 5.41) is 10.6. The van der Waals surface area contributed by atoms with Crippen LogP contribution in [0.2, 0.25) is 0 Å². The van der Waals surface area contributed by atoms with Gasteiger partial charge in [-0.15, -0.1) is 0 Å². The van der Waals surface area contributed by atoms with E-state index in [2.05, 4.69) is 44.4 Å². The molecule has 20 heteroatoms. The quantitative estimate of drug-likeness (QED) is 0.0622. The Kier molecular flexibility index (Phi) is 18.5. The largest absolute Gasteiger partial charge is 1.00 e. The second kappa shape index (κ2) is 21.1. The van der Waals surface area contributed by atoms with Crippen molar-refractivity contribution in [1.82, 2.24) is 31.2 Å². The van der Waals surface area contributed by atoms with Gasteiger partial charge in [0.25, 0.3) is 11.8 Å². The third-order valence-corrected chi connectivity index (χ3v) is 10.9. The average Bonchev–Trinajstić information content (AvgIpc) is 3.73. The number of allylic oxidation sites excluding steroid dienone is 2. The molecule has 6 N–H and O–H groups in total. The topological polar surface area (TPSA) is 262 Å². The van der Waals surface area contributed by atoms with Crippen LogP contribution in [0, 0.1) is 13.8 Å². The number of nitrogens with one attached hydrogen (secondary N) is 6. The number of carbonyl (C=O) groups is 4. The SMILES string of the molecule is C=CC1=C(C)/C(=C/c2[nH]c(Cc3[nH]c(/C=C4/NC(=O)C(C)=C4C=C)c(C)c3CCC(=O)NCCS(=O)(=O)[O-])c(CCC(=O)NCCS(=O)(=O)[O-])c2C)NC1=O.[Na+].[Na+]. The minimum Gasteiger partial charge on any atom is -0.748 e. The van der Waals surface area contributed by atoms with E-state index in [9.17, 15) is 45.1 Å². The minimum atomic E-state index is -4.52. The molecule has 2 aromatic heterocycles. The maximum atomic E-state index is 12.7. The van der Waals surface area contributed by atoms with Crippen molar-refractivity contribution < 1.29 is 104 Å². The first-order valence-electron chi connectivity index (χ1n) is 17.3.